The van der Waals surface area contributed by atoms with Crippen molar-refractivity contribution in [3.8, 4) is 0 Å². The van der Waals surface area contributed by atoms with Crippen molar-refractivity contribution >= 4 is 27.5 Å². The Labute approximate surface area is 109 Å². The Morgan fingerprint density at radius 2 is 2.25 bits per heavy atom. The molecule has 0 spiro atoms. The number of benzene rings is 1. The maximum Gasteiger partial charge on any atom is 0.146 e. The summed E-state index contributed by atoms with van der Waals surface area (Å²) < 4.78 is 14.6. The summed E-state index contributed by atoms with van der Waals surface area (Å²) in [5.41, 5.74) is 0.687. The van der Waals surface area contributed by atoms with Crippen molar-refractivity contribution in [1.29, 1.82) is 0 Å². The second-order valence-corrected chi connectivity index (χ2v) is 5.43. The molecule has 1 fully saturated rings. The summed E-state index contributed by atoms with van der Waals surface area (Å²) in [6.07, 6.45) is 4.25. The Morgan fingerprint density at radius 3 is 2.94 bits per heavy atom. The minimum atomic E-state index is -0.289. The van der Waals surface area contributed by atoms with Gasteiger partial charge in [-0.25, -0.2) is 4.39 Å². The third kappa shape index (κ3) is 2.76. The molecule has 0 amide bonds. The molecule has 1 saturated heterocycles. The summed E-state index contributed by atoms with van der Waals surface area (Å²) in [5.74, 6) is -0.289. The molecule has 0 aromatic heterocycles. The third-order valence-electron chi connectivity index (χ3n) is 3.00. The van der Waals surface area contributed by atoms with Crippen LogP contribution in [0.3, 0.4) is 0 Å². The molecule has 4 heteroatoms. The van der Waals surface area contributed by atoms with Crippen LogP contribution in [-0.2, 0) is 6.42 Å². The van der Waals surface area contributed by atoms with Gasteiger partial charge in [-0.15, -0.1) is 0 Å². The van der Waals surface area contributed by atoms with Gasteiger partial charge in [0.1, 0.15) is 5.82 Å². The van der Waals surface area contributed by atoms with Crippen molar-refractivity contribution in [3.63, 3.8) is 0 Å². The second kappa shape index (κ2) is 5.48. The van der Waals surface area contributed by atoms with Crippen LogP contribution in [0.1, 0.15) is 24.8 Å². The van der Waals surface area contributed by atoms with Crippen molar-refractivity contribution in [1.82, 2.24) is 5.32 Å². The van der Waals surface area contributed by atoms with Gasteiger partial charge >= 0.3 is 0 Å². The van der Waals surface area contributed by atoms with E-state index < -0.39 is 0 Å². The number of hydrogen-bond donors (Lipinski definition) is 1. The van der Waals surface area contributed by atoms with Gasteiger partial charge in [-0.3, -0.25) is 0 Å². The van der Waals surface area contributed by atoms with Gasteiger partial charge in [0.15, 0.2) is 0 Å². The molecule has 88 valence electrons. The molecule has 0 bridgehead atoms. The van der Waals surface area contributed by atoms with E-state index in [4.69, 9.17) is 11.6 Å². The number of piperidine rings is 1. The number of hydrogen-bond acceptors (Lipinski definition) is 1. The summed E-state index contributed by atoms with van der Waals surface area (Å²) in [6.45, 7) is 1.03. The van der Waals surface area contributed by atoms with E-state index >= 15 is 0 Å². The normalized spacial score (nSPS) is 21.1. The molecule has 0 saturated carbocycles. The minimum Gasteiger partial charge on any atom is -0.314 e. The van der Waals surface area contributed by atoms with Crippen LogP contribution in [0.4, 0.5) is 4.39 Å². The van der Waals surface area contributed by atoms with Crippen LogP contribution in [0, 0.1) is 5.82 Å². The molecule has 0 radical (unpaired) electrons. The van der Waals surface area contributed by atoms with Crippen LogP contribution in [-0.4, -0.2) is 12.6 Å². The fourth-order valence-electron chi connectivity index (χ4n) is 2.10. The number of nitrogens with one attached hydrogen (secondary N) is 1. The lowest BCUT2D eigenvalue weighted by Gasteiger charge is -2.24. The lowest BCUT2D eigenvalue weighted by atomic mass is 9.97. The minimum absolute atomic E-state index is 0.203. The Morgan fingerprint density at radius 1 is 1.44 bits per heavy atom. The molecule has 1 unspecified atom stereocenters. The van der Waals surface area contributed by atoms with E-state index in [2.05, 4.69) is 21.2 Å². The van der Waals surface area contributed by atoms with Crippen LogP contribution < -0.4 is 5.32 Å². The lowest BCUT2D eigenvalue weighted by molar-refractivity contribution is 0.395. The quantitative estimate of drug-likeness (QED) is 0.817. The topological polar surface area (TPSA) is 12.0 Å². The van der Waals surface area contributed by atoms with Crippen molar-refractivity contribution in [2.45, 2.75) is 31.7 Å². The highest BCUT2D eigenvalue weighted by atomic mass is 79.9. The van der Waals surface area contributed by atoms with Crippen LogP contribution in [0.5, 0.6) is 0 Å². The van der Waals surface area contributed by atoms with Crippen molar-refractivity contribution in [2.75, 3.05) is 6.54 Å². The molecule has 1 heterocycles. The van der Waals surface area contributed by atoms with E-state index in [1.165, 1.54) is 12.8 Å². The molecule has 16 heavy (non-hydrogen) atoms. The van der Waals surface area contributed by atoms with Crippen LogP contribution in [0.15, 0.2) is 16.6 Å². The summed E-state index contributed by atoms with van der Waals surface area (Å²) in [4.78, 5) is 0. The monoisotopic (exact) mass is 305 g/mol. The van der Waals surface area contributed by atoms with Crippen LogP contribution >= 0.6 is 27.5 Å². The zero-order valence-electron chi connectivity index (χ0n) is 8.90. The Bertz CT molecular complexity index is 378. The van der Waals surface area contributed by atoms with Gasteiger partial charge in [-0.1, -0.05) is 34.0 Å². The van der Waals surface area contributed by atoms with Gasteiger partial charge < -0.3 is 5.32 Å². The summed E-state index contributed by atoms with van der Waals surface area (Å²) >= 11 is 9.17. The van der Waals surface area contributed by atoms with Crippen molar-refractivity contribution in [3.05, 3.63) is 33.0 Å². The van der Waals surface area contributed by atoms with E-state index in [9.17, 15) is 4.39 Å². The molecule has 0 aliphatic carbocycles. The Kier molecular flexibility index (Phi) is 4.22. The van der Waals surface area contributed by atoms with Gasteiger partial charge in [-0.05, 0) is 37.9 Å². The van der Waals surface area contributed by atoms with Crippen molar-refractivity contribution < 1.29 is 4.39 Å². The molecule has 1 aliphatic rings. The van der Waals surface area contributed by atoms with E-state index in [1.54, 1.807) is 6.07 Å². The highest BCUT2D eigenvalue weighted by Gasteiger charge is 2.18. The van der Waals surface area contributed by atoms with Crippen LogP contribution in [0.2, 0.25) is 5.02 Å². The molecule has 2 rings (SSSR count). The average Bonchev–Trinajstić information content (AvgIpc) is 2.31. The van der Waals surface area contributed by atoms with Gasteiger partial charge in [0.25, 0.3) is 0 Å². The first-order chi connectivity index (χ1) is 7.68. The van der Waals surface area contributed by atoms with E-state index in [0.717, 1.165) is 17.4 Å². The first-order valence-electron chi connectivity index (χ1n) is 5.54. The van der Waals surface area contributed by atoms with Gasteiger partial charge in [0.2, 0.25) is 0 Å². The molecule has 1 aromatic carbocycles. The van der Waals surface area contributed by atoms with E-state index in [-0.39, 0.29) is 10.8 Å². The van der Waals surface area contributed by atoms with E-state index in [1.807, 2.05) is 6.07 Å². The van der Waals surface area contributed by atoms with Gasteiger partial charge in [0.05, 0.1) is 5.02 Å². The fourth-order valence-corrected chi connectivity index (χ4v) is 2.75. The smallest absolute Gasteiger partial charge is 0.146 e. The molecule has 1 aromatic rings. The van der Waals surface area contributed by atoms with Gasteiger partial charge in [-0.2, -0.15) is 0 Å². The predicted octanol–water partition coefficient (Wildman–Crippen LogP) is 3.93. The number of rotatable bonds is 2. The number of halogens is 3. The zero-order chi connectivity index (χ0) is 11.5. The lowest BCUT2D eigenvalue weighted by Crippen LogP contribution is -2.35. The highest BCUT2D eigenvalue weighted by molar-refractivity contribution is 9.10. The van der Waals surface area contributed by atoms with Crippen molar-refractivity contribution in [2.24, 2.45) is 0 Å². The van der Waals surface area contributed by atoms with Gasteiger partial charge in [0, 0.05) is 16.1 Å². The third-order valence-corrected chi connectivity index (χ3v) is 4.04. The molecule has 1 atom stereocenters. The first kappa shape index (κ1) is 12.3. The average molecular weight is 307 g/mol. The molecule has 1 N–H and O–H groups in total. The Balaban J connectivity index is 2.16. The maximum atomic E-state index is 13.8. The maximum absolute atomic E-state index is 13.8. The first-order valence-corrected chi connectivity index (χ1v) is 6.71. The molecule has 1 nitrogen and oxygen atoms in total. The predicted molar refractivity (Wildman–Crippen MR) is 68.5 cm³/mol. The van der Waals surface area contributed by atoms with E-state index in [0.29, 0.717) is 18.0 Å². The molecular weight excluding hydrogens is 292 g/mol. The fraction of sp³-hybridized carbons (Fsp3) is 0.500. The molecule has 1 aliphatic heterocycles. The summed E-state index contributed by atoms with van der Waals surface area (Å²) in [7, 11) is 0. The van der Waals surface area contributed by atoms with Crippen LogP contribution in [0.25, 0.3) is 0 Å². The largest absolute Gasteiger partial charge is 0.314 e. The summed E-state index contributed by atoms with van der Waals surface area (Å²) in [6, 6.07) is 3.76. The molecular formula is C12H14BrClFN. The summed E-state index contributed by atoms with van der Waals surface area (Å²) in [5, 5.41) is 3.61. The second-order valence-electron chi connectivity index (χ2n) is 4.17. The SMILES string of the molecule is Fc1c(Cl)ccc(Br)c1CC1CCCCN1. The zero-order valence-corrected chi connectivity index (χ0v) is 11.2. The standard InChI is InChI=1S/C12H14BrClFN/c13-10-4-5-11(14)12(15)9(10)7-8-3-1-2-6-16-8/h4-5,8,16H,1-3,6-7H2. The Hall–Kier alpha value is -0.120. The highest BCUT2D eigenvalue weighted by Crippen LogP contribution is 2.28.